The zero-order valence-electron chi connectivity index (χ0n) is 12.9. The lowest BCUT2D eigenvalue weighted by molar-refractivity contribution is 0.0561. The van der Waals surface area contributed by atoms with Crippen molar-refractivity contribution in [2.75, 3.05) is 38.2 Å². The Bertz CT molecular complexity index is 681. The van der Waals surface area contributed by atoms with Crippen molar-refractivity contribution in [1.82, 2.24) is 9.88 Å². The summed E-state index contributed by atoms with van der Waals surface area (Å²) in [7, 11) is 1.33. The van der Waals surface area contributed by atoms with E-state index >= 15 is 0 Å². The fourth-order valence-corrected chi connectivity index (χ4v) is 2.65. The predicted octanol–water partition coefficient (Wildman–Crippen LogP) is 1.92. The van der Waals surface area contributed by atoms with Gasteiger partial charge in [0.25, 0.3) is 0 Å². The number of ether oxygens (including phenoxy) is 1. The third kappa shape index (κ3) is 3.68. The van der Waals surface area contributed by atoms with E-state index in [4.69, 9.17) is 4.42 Å². The van der Waals surface area contributed by atoms with E-state index in [1.54, 1.807) is 12.1 Å². The first-order chi connectivity index (χ1) is 11.2. The second kappa shape index (κ2) is 6.78. The monoisotopic (exact) mass is 319 g/mol. The maximum absolute atomic E-state index is 13.2. The molecule has 0 radical (unpaired) electrons. The van der Waals surface area contributed by atoms with E-state index in [-0.39, 0.29) is 5.76 Å². The van der Waals surface area contributed by atoms with Crippen molar-refractivity contribution in [3.05, 3.63) is 47.9 Å². The van der Waals surface area contributed by atoms with Crippen LogP contribution in [-0.2, 0) is 11.3 Å². The van der Waals surface area contributed by atoms with Crippen molar-refractivity contribution in [1.29, 1.82) is 0 Å². The van der Waals surface area contributed by atoms with Crippen LogP contribution >= 0.6 is 0 Å². The molecule has 2 aromatic heterocycles. The molecule has 0 bridgehead atoms. The number of rotatable bonds is 4. The number of pyridine rings is 1. The van der Waals surface area contributed by atoms with Crippen LogP contribution in [-0.4, -0.2) is 49.1 Å². The van der Waals surface area contributed by atoms with Gasteiger partial charge in [-0.25, -0.2) is 9.78 Å². The van der Waals surface area contributed by atoms with Crippen LogP contribution in [0.2, 0.25) is 0 Å². The van der Waals surface area contributed by atoms with E-state index in [0.717, 1.165) is 37.6 Å². The predicted molar refractivity (Wildman–Crippen MR) is 81.7 cm³/mol. The molecular formula is C16H18FN3O3. The molecule has 0 N–H and O–H groups in total. The molecule has 1 aliphatic rings. The third-order valence-electron chi connectivity index (χ3n) is 3.88. The van der Waals surface area contributed by atoms with Crippen LogP contribution in [0, 0.1) is 5.95 Å². The van der Waals surface area contributed by atoms with Gasteiger partial charge in [-0.15, -0.1) is 0 Å². The number of methoxy groups -OCH3 is 1. The molecular weight excluding hydrogens is 301 g/mol. The summed E-state index contributed by atoms with van der Waals surface area (Å²) >= 11 is 0. The van der Waals surface area contributed by atoms with Crippen molar-refractivity contribution >= 4 is 11.7 Å². The lowest BCUT2D eigenvalue weighted by atomic mass is 10.2. The topological polar surface area (TPSA) is 58.8 Å². The summed E-state index contributed by atoms with van der Waals surface area (Å²) in [5, 5.41) is 0. The molecule has 1 saturated heterocycles. The third-order valence-corrected chi connectivity index (χ3v) is 3.88. The number of hydrogen-bond donors (Lipinski definition) is 0. The number of piperazine rings is 1. The van der Waals surface area contributed by atoms with Gasteiger partial charge < -0.3 is 14.1 Å². The minimum atomic E-state index is -0.471. The van der Waals surface area contributed by atoms with E-state index in [9.17, 15) is 9.18 Å². The summed E-state index contributed by atoms with van der Waals surface area (Å²) in [6.07, 6.45) is 1.48. The number of esters is 1. The average molecular weight is 319 g/mol. The SMILES string of the molecule is COC(=O)c1ccc(CN2CCN(c3ccnc(F)c3)CC2)o1. The van der Waals surface area contributed by atoms with Crippen LogP contribution in [0.3, 0.4) is 0 Å². The van der Waals surface area contributed by atoms with Crippen LogP contribution in [0.1, 0.15) is 16.3 Å². The van der Waals surface area contributed by atoms with Crippen LogP contribution in [0.25, 0.3) is 0 Å². The smallest absolute Gasteiger partial charge is 0.373 e. The molecule has 0 aromatic carbocycles. The van der Waals surface area contributed by atoms with Gasteiger partial charge in [0.1, 0.15) is 5.76 Å². The Labute approximate surface area is 133 Å². The van der Waals surface area contributed by atoms with E-state index in [2.05, 4.69) is 19.5 Å². The highest BCUT2D eigenvalue weighted by molar-refractivity contribution is 5.86. The Kier molecular flexibility index (Phi) is 4.57. The van der Waals surface area contributed by atoms with Gasteiger partial charge in [-0.2, -0.15) is 4.39 Å². The number of hydrogen-bond acceptors (Lipinski definition) is 6. The van der Waals surface area contributed by atoms with Crippen LogP contribution in [0.4, 0.5) is 10.1 Å². The molecule has 23 heavy (non-hydrogen) atoms. The lowest BCUT2D eigenvalue weighted by Gasteiger charge is -2.35. The number of nitrogens with zero attached hydrogens (tertiary/aromatic N) is 3. The molecule has 122 valence electrons. The summed E-state index contributed by atoms with van der Waals surface area (Å²) in [5.41, 5.74) is 0.850. The minimum Gasteiger partial charge on any atom is -0.463 e. The Morgan fingerprint density at radius 2 is 2.09 bits per heavy atom. The molecule has 1 fully saturated rings. The van der Waals surface area contributed by atoms with Crippen molar-refractivity contribution in [3.63, 3.8) is 0 Å². The highest BCUT2D eigenvalue weighted by Crippen LogP contribution is 2.18. The van der Waals surface area contributed by atoms with Crippen molar-refractivity contribution in [3.8, 4) is 0 Å². The zero-order chi connectivity index (χ0) is 16.2. The fraction of sp³-hybridized carbons (Fsp3) is 0.375. The second-order valence-corrected chi connectivity index (χ2v) is 5.36. The van der Waals surface area contributed by atoms with Crippen molar-refractivity contribution in [2.45, 2.75) is 6.54 Å². The normalized spacial score (nSPS) is 15.7. The first-order valence-electron chi connectivity index (χ1n) is 7.41. The molecule has 2 aromatic rings. The molecule has 3 rings (SSSR count). The highest BCUT2D eigenvalue weighted by atomic mass is 19.1. The van der Waals surface area contributed by atoms with E-state index in [1.165, 1.54) is 19.4 Å². The largest absolute Gasteiger partial charge is 0.463 e. The van der Waals surface area contributed by atoms with Crippen LogP contribution in [0.5, 0.6) is 0 Å². The summed E-state index contributed by atoms with van der Waals surface area (Å²) in [6.45, 7) is 3.90. The molecule has 0 atom stereocenters. The quantitative estimate of drug-likeness (QED) is 0.634. The molecule has 0 aliphatic carbocycles. The van der Waals surface area contributed by atoms with Crippen LogP contribution in [0.15, 0.2) is 34.9 Å². The summed E-state index contributed by atoms with van der Waals surface area (Å²) in [5.74, 6) is 0.0128. The number of furan rings is 1. The number of anilines is 1. The summed E-state index contributed by atoms with van der Waals surface area (Å²) < 4.78 is 23.3. The molecule has 0 unspecified atom stereocenters. The van der Waals surface area contributed by atoms with E-state index in [1.807, 2.05) is 6.07 Å². The Morgan fingerprint density at radius 1 is 1.30 bits per heavy atom. The zero-order valence-corrected chi connectivity index (χ0v) is 12.9. The molecule has 0 saturated carbocycles. The van der Waals surface area contributed by atoms with Crippen molar-refractivity contribution < 1.29 is 18.3 Å². The Balaban J connectivity index is 1.55. The molecule has 0 spiro atoms. The first-order valence-corrected chi connectivity index (χ1v) is 7.41. The van der Waals surface area contributed by atoms with E-state index in [0.29, 0.717) is 6.54 Å². The molecule has 3 heterocycles. The molecule has 0 amide bonds. The van der Waals surface area contributed by atoms with Gasteiger partial charge in [-0.3, -0.25) is 4.90 Å². The van der Waals surface area contributed by atoms with Gasteiger partial charge in [0.05, 0.1) is 13.7 Å². The minimum absolute atomic E-state index is 0.216. The standard InChI is InChI=1S/C16H18FN3O3/c1-22-16(21)14-3-2-13(23-14)11-19-6-8-20(9-7-19)12-4-5-18-15(17)10-12/h2-5,10H,6-9,11H2,1H3. The number of carbonyl (C=O) groups is 1. The van der Waals surface area contributed by atoms with Gasteiger partial charge in [-0.1, -0.05) is 0 Å². The molecule has 6 nitrogen and oxygen atoms in total. The van der Waals surface area contributed by atoms with E-state index < -0.39 is 11.9 Å². The number of carbonyl (C=O) groups excluding carboxylic acids is 1. The first kappa shape index (κ1) is 15.5. The van der Waals surface area contributed by atoms with Gasteiger partial charge in [-0.05, 0) is 18.2 Å². The Morgan fingerprint density at radius 3 is 2.78 bits per heavy atom. The fourth-order valence-electron chi connectivity index (χ4n) is 2.65. The average Bonchev–Trinajstić information content (AvgIpc) is 3.03. The molecule has 7 heteroatoms. The van der Waals surface area contributed by atoms with Gasteiger partial charge >= 0.3 is 5.97 Å². The second-order valence-electron chi connectivity index (χ2n) is 5.36. The summed E-state index contributed by atoms with van der Waals surface area (Å²) in [4.78, 5) is 19.3. The number of aromatic nitrogens is 1. The maximum Gasteiger partial charge on any atom is 0.373 e. The summed E-state index contributed by atoms with van der Waals surface area (Å²) in [6, 6.07) is 6.67. The lowest BCUT2D eigenvalue weighted by Crippen LogP contribution is -2.45. The Hall–Kier alpha value is -2.41. The molecule has 1 aliphatic heterocycles. The van der Waals surface area contributed by atoms with Crippen molar-refractivity contribution in [2.24, 2.45) is 0 Å². The van der Waals surface area contributed by atoms with Gasteiger partial charge in [0.15, 0.2) is 0 Å². The maximum atomic E-state index is 13.2. The van der Waals surface area contributed by atoms with Gasteiger partial charge in [0.2, 0.25) is 11.7 Å². The van der Waals surface area contributed by atoms with Gasteiger partial charge in [0, 0.05) is 44.1 Å². The highest BCUT2D eigenvalue weighted by Gasteiger charge is 2.19. The number of halogens is 1. The van der Waals surface area contributed by atoms with Crippen LogP contribution < -0.4 is 4.90 Å².